The number of carbonyl (C=O) groups is 1. The minimum absolute atomic E-state index is 0.197. The van der Waals surface area contributed by atoms with E-state index in [2.05, 4.69) is 43.5 Å². The highest BCUT2D eigenvalue weighted by molar-refractivity contribution is 5.76. The molecule has 0 aromatic heterocycles. The Kier molecular flexibility index (Phi) is 60.1. The fourth-order valence-electron chi connectivity index (χ4n) is 13.6. The fourth-order valence-corrected chi connectivity index (χ4v) is 13.6. The molecule has 0 aromatic carbocycles. The van der Waals surface area contributed by atoms with Crippen molar-refractivity contribution in [3.8, 4) is 0 Å². The van der Waals surface area contributed by atoms with Gasteiger partial charge >= 0.3 is 0 Å². The number of aliphatic hydroxyl groups is 8. The summed E-state index contributed by atoms with van der Waals surface area (Å²) >= 11 is 0. The minimum Gasteiger partial charge on any atom is -0.394 e. The van der Waals surface area contributed by atoms with Crippen molar-refractivity contribution in [3.05, 3.63) is 24.3 Å². The number of nitrogens with one attached hydrogen (secondary N) is 1. The lowest BCUT2D eigenvalue weighted by Crippen LogP contribution is -2.65. The largest absolute Gasteiger partial charge is 0.394 e. The van der Waals surface area contributed by atoms with E-state index in [-0.39, 0.29) is 12.5 Å². The Labute approximate surface area is 570 Å². The fraction of sp³-hybridized carbons (Fsp3) is 0.937. The molecular formula is C79H151NO13. The van der Waals surface area contributed by atoms with Gasteiger partial charge in [-0.05, 0) is 44.9 Å². The van der Waals surface area contributed by atoms with Crippen LogP contribution in [0.2, 0.25) is 0 Å². The minimum atomic E-state index is -1.78. The normalized spacial score (nSPS) is 22.6. The summed E-state index contributed by atoms with van der Waals surface area (Å²) in [5, 5.41) is 87.8. The molecule has 9 N–H and O–H groups in total. The van der Waals surface area contributed by atoms with Crippen molar-refractivity contribution in [2.75, 3.05) is 19.8 Å². The molecular weight excluding hydrogens is 1170 g/mol. The average molecular weight is 1320 g/mol. The second-order valence-electron chi connectivity index (χ2n) is 28.6. The Hall–Kier alpha value is -1.53. The molecule has 0 spiro atoms. The summed E-state index contributed by atoms with van der Waals surface area (Å²) in [6.07, 6.45) is 65.2. The maximum atomic E-state index is 13.4. The second-order valence-corrected chi connectivity index (χ2v) is 28.6. The molecule has 0 aromatic rings. The molecule has 2 rings (SSSR count). The van der Waals surface area contributed by atoms with Crippen molar-refractivity contribution in [1.29, 1.82) is 0 Å². The van der Waals surface area contributed by atoms with Gasteiger partial charge in [0.05, 0.1) is 32.0 Å². The van der Waals surface area contributed by atoms with Crippen LogP contribution in [0, 0.1) is 0 Å². The Bertz CT molecular complexity index is 1650. The number of allylic oxidation sites excluding steroid dienone is 4. The maximum absolute atomic E-state index is 13.4. The van der Waals surface area contributed by atoms with Crippen molar-refractivity contribution >= 4 is 5.91 Å². The number of ether oxygens (including phenoxy) is 4. The van der Waals surface area contributed by atoms with Gasteiger partial charge in [0, 0.05) is 6.42 Å². The third-order valence-corrected chi connectivity index (χ3v) is 19.9. The molecule has 93 heavy (non-hydrogen) atoms. The number of amides is 1. The SMILES string of the molecule is CCCCCCC/C=C\C/C=C\CCCCCCCCCCCCCCCCCCCCCCCCCCCCCC(=O)NC(COC1OC(CO)C(OC2OC(CO)C(O)C(O)C2O)C(O)C1O)C(O)CCCCCCCCCCCCCCCCCCCCCC. The van der Waals surface area contributed by atoms with Gasteiger partial charge < -0.3 is 65.1 Å². The molecule has 550 valence electrons. The Balaban J connectivity index is 1.55. The van der Waals surface area contributed by atoms with Crippen molar-refractivity contribution in [1.82, 2.24) is 5.32 Å². The van der Waals surface area contributed by atoms with Crippen LogP contribution in [0.1, 0.15) is 380 Å². The summed E-state index contributed by atoms with van der Waals surface area (Å²) in [5.74, 6) is -0.197. The zero-order chi connectivity index (χ0) is 67.3. The summed E-state index contributed by atoms with van der Waals surface area (Å²) in [5.41, 5.74) is 0. The van der Waals surface area contributed by atoms with Crippen molar-refractivity contribution < 1.29 is 64.6 Å². The zero-order valence-corrected chi connectivity index (χ0v) is 60.3. The van der Waals surface area contributed by atoms with Crippen LogP contribution in [0.25, 0.3) is 0 Å². The molecule has 2 saturated heterocycles. The van der Waals surface area contributed by atoms with E-state index < -0.39 is 86.8 Å². The number of carbonyl (C=O) groups excluding carboxylic acids is 1. The molecule has 0 saturated carbocycles. The van der Waals surface area contributed by atoms with E-state index in [0.29, 0.717) is 12.8 Å². The third kappa shape index (κ3) is 47.2. The molecule has 1 amide bonds. The van der Waals surface area contributed by atoms with Gasteiger partial charge in [0.1, 0.15) is 48.8 Å². The first-order valence-electron chi connectivity index (χ1n) is 40.1. The standard InChI is InChI=1S/C79H151NO13/c1-3-5-7-9-11-13-15-17-19-21-23-25-26-27-28-29-30-31-32-33-34-35-36-37-38-39-40-41-42-43-45-47-49-51-53-55-57-59-61-63-71(84)80-67(68(83)62-60-58-56-54-52-50-48-46-44-24-22-20-18-16-14-12-10-8-6-4-2)66-90-78-76(89)74(87)77(70(65-82)92-78)93-79-75(88)73(86)72(85)69(64-81)91-79/h15,17,21,23,67-70,72-79,81-83,85-89H,3-14,16,18-20,22,24-66H2,1-2H3,(H,80,84)/b17-15-,23-21-. The molecule has 14 heteroatoms. The smallest absolute Gasteiger partial charge is 0.220 e. The van der Waals surface area contributed by atoms with Crippen molar-refractivity contribution in [2.45, 2.75) is 453 Å². The zero-order valence-electron chi connectivity index (χ0n) is 60.3. The Morgan fingerprint density at radius 1 is 0.387 bits per heavy atom. The van der Waals surface area contributed by atoms with E-state index in [0.717, 1.165) is 57.8 Å². The molecule has 0 radical (unpaired) electrons. The monoisotopic (exact) mass is 1320 g/mol. The molecule has 14 nitrogen and oxygen atoms in total. The van der Waals surface area contributed by atoms with E-state index in [1.165, 1.54) is 295 Å². The average Bonchev–Trinajstić information content (AvgIpc) is 0.854. The summed E-state index contributed by atoms with van der Waals surface area (Å²) in [6.45, 7) is 2.92. The number of unbranched alkanes of at least 4 members (excludes halogenated alkanes) is 51. The van der Waals surface area contributed by atoms with Gasteiger partial charge in [-0.2, -0.15) is 0 Å². The molecule has 2 heterocycles. The van der Waals surface area contributed by atoms with E-state index in [4.69, 9.17) is 18.9 Å². The predicted octanol–water partition coefficient (Wildman–Crippen LogP) is 17.9. The summed E-state index contributed by atoms with van der Waals surface area (Å²) in [6, 6.07) is -0.827. The van der Waals surface area contributed by atoms with Crippen LogP contribution in [0.5, 0.6) is 0 Å². The van der Waals surface area contributed by atoms with Crippen molar-refractivity contribution in [3.63, 3.8) is 0 Å². The van der Waals surface area contributed by atoms with E-state index in [1.54, 1.807) is 0 Å². The highest BCUT2D eigenvalue weighted by atomic mass is 16.7. The van der Waals surface area contributed by atoms with E-state index in [1.807, 2.05) is 0 Å². The summed E-state index contributed by atoms with van der Waals surface area (Å²) < 4.78 is 23.0. The van der Waals surface area contributed by atoms with Gasteiger partial charge in [0.2, 0.25) is 5.91 Å². The second kappa shape index (κ2) is 63.9. The molecule has 2 aliphatic heterocycles. The molecule has 12 atom stereocenters. The molecule has 2 fully saturated rings. The summed E-state index contributed by atoms with van der Waals surface area (Å²) in [4.78, 5) is 13.4. The predicted molar refractivity (Wildman–Crippen MR) is 383 cm³/mol. The van der Waals surface area contributed by atoms with Gasteiger partial charge in [-0.25, -0.2) is 0 Å². The molecule has 0 bridgehead atoms. The lowest BCUT2D eigenvalue weighted by molar-refractivity contribution is -0.359. The van der Waals surface area contributed by atoms with Gasteiger partial charge in [0.25, 0.3) is 0 Å². The van der Waals surface area contributed by atoms with Gasteiger partial charge in [-0.3, -0.25) is 4.79 Å². The highest BCUT2D eigenvalue weighted by Crippen LogP contribution is 2.30. The topological polar surface area (TPSA) is 228 Å². The maximum Gasteiger partial charge on any atom is 0.220 e. The lowest BCUT2D eigenvalue weighted by Gasteiger charge is -2.46. The van der Waals surface area contributed by atoms with Crippen LogP contribution in [0.15, 0.2) is 24.3 Å². The van der Waals surface area contributed by atoms with Crippen LogP contribution < -0.4 is 5.32 Å². The van der Waals surface area contributed by atoms with Crippen LogP contribution in [0.3, 0.4) is 0 Å². The van der Waals surface area contributed by atoms with E-state index >= 15 is 0 Å². The number of aliphatic hydroxyl groups excluding tert-OH is 8. The van der Waals surface area contributed by atoms with Crippen LogP contribution in [-0.4, -0.2) is 140 Å². The van der Waals surface area contributed by atoms with Crippen LogP contribution in [0.4, 0.5) is 0 Å². The first-order valence-corrected chi connectivity index (χ1v) is 40.1. The highest BCUT2D eigenvalue weighted by Gasteiger charge is 2.51. The number of hydrogen-bond donors (Lipinski definition) is 9. The molecule has 12 unspecified atom stereocenters. The van der Waals surface area contributed by atoms with Crippen LogP contribution >= 0.6 is 0 Å². The van der Waals surface area contributed by atoms with Gasteiger partial charge in [-0.1, -0.05) is 353 Å². The molecule has 2 aliphatic rings. The summed E-state index contributed by atoms with van der Waals surface area (Å²) in [7, 11) is 0. The number of rotatable bonds is 68. The Morgan fingerprint density at radius 2 is 0.710 bits per heavy atom. The first kappa shape index (κ1) is 87.6. The van der Waals surface area contributed by atoms with Crippen LogP contribution in [-0.2, 0) is 23.7 Å². The third-order valence-electron chi connectivity index (χ3n) is 19.9. The van der Waals surface area contributed by atoms with Crippen molar-refractivity contribution in [2.24, 2.45) is 0 Å². The molecule has 0 aliphatic carbocycles. The lowest BCUT2D eigenvalue weighted by atomic mass is 9.97. The Morgan fingerprint density at radius 3 is 1.08 bits per heavy atom. The quantitative estimate of drug-likeness (QED) is 0.0204. The first-order chi connectivity index (χ1) is 45.6. The van der Waals surface area contributed by atoms with Gasteiger partial charge in [-0.15, -0.1) is 0 Å². The van der Waals surface area contributed by atoms with E-state index in [9.17, 15) is 45.6 Å². The number of hydrogen-bond acceptors (Lipinski definition) is 13. The van der Waals surface area contributed by atoms with Gasteiger partial charge in [0.15, 0.2) is 12.6 Å².